The maximum atomic E-state index is 12.0. The van der Waals surface area contributed by atoms with Gasteiger partial charge >= 0.3 is 29.9 Å². The van der Waals surface area contributed by atoms with Gasteiger partial charge in [-0.15, -0.1) is 70.6 Å². The van der Waals surface area contributed by atoms with Crippen LogP contribution in [-0.4, -0.2) is 183 Å². The molecule has 54 heavy (non-hydrogen) atoms. The molecule has 23 heteroatoms. The average molecular weight is 929 g/mol. The van der Waals surface area contributed by atoms with Gasteiger partial charge in [0.15, 0.2) is 10.9 Å². The maximum absolute atomic E-state index is 12.0. The third-order valence-electron chi connectivity index (χ3n) is 6.73. The summed E-state index contributed by atoms with van der Waals surface area (Å²) in [6.07, 6.45) is 0.797. The standard InChI is InChI=1S/C15H22O7S3.C15H22O4S6.CH4N2O/c16-13(8-23-5-10-1-18-10)21-4-15(25-7-12-3-20-12)22-14(17)9-24-6-11-2-19-11;16-13(8-20-2-10-4-22-10)18-1-15(25-7-12-6-24-12)19-14(17)9-21-3-11-5-23-11;2-1(3)4/h2*10-12,15H,1-9H2;(H4,2,3,4). The highest BCUT2D eigenvalue weighted by Crippen LogP contribution is 2.35. The van der Waals surface area contributed by atoms with Crippen LogP contribution in [0.1, 0.15) is 0 Å². The molecule has 8 atom stereocenters. The second-order valence-electron chi connectivity index (χ2n) is 12.1. The van der Waals surface area contributed by atoms with Gasteiger partial charge in [-0.2, -0.15) is 35.3 Å². The number of amides is 2. The Labute approximate surface area is 354 Å². The van der Waals surface area contributed by atoms with E-state index in [0.717, 1.165) is 64.8 Å². The molecule has 0 aliphatic carbocycles. The molecule has 6 rings (SSSR count). The summed E-state index contributed by atoms with van der Waals surface area (Å²) in [4.78, 5) is 56.5. The van der Waals surface area contributed by atoms with Crippen molar-refractivity contribution >= 4 is 136 Å². The van der Waals surface area contributed by atoms with E-state index in [-0.39, 0.29) is 66.2 Å². The Balaban J connectivity index is 0.000000219. The lowest BCUT2D eigenvalue weighted by atomic mass is 10.6. The largest absolute Gasteiger partial charge is 0.460 e. The third-order valence-corrected chi connectivity index (χ3v) is 16.9. The van der Waals surface area contributed by atoms with Crippen LogP contribution in [0.2, 0.25) is 0 Å². The molecule has 14 nitrogen and oxygen atoms in total. The number of urea groups is 1. The van der Waals surface area contributed by atoms with Crippen LogP contribution in [0.25, 0.3) is 0 Å². The van der Waals surface area contributed by atoms with E-state index in [1.165, 1.54) is 52.5 Å². The van der Waals surface area contributed by atoms with Gasteiger partial charge in [-0.3, -0.25) is 19.2 Å². The Morgan fingerprint density at radius 3 is 1.22 bits per heavy atom. The average Bonchev–Trinajstić information content (AvgIpc) is 3.91. The van der Waals surface area contributed by atoms with Crippen LogP contribution in [0.4, 0.5) is 4.79 Å². The lowest BCUT2D eigenvalue weighted by Gasteiger charge is -2.17. The van der Waals surface area contributed by atoms with E-state index in [0.29, 0.717) is 22.9 Å². The SMILES string of the molecule is NC(N)=O.O=C(CSCC1CO1)OCC(OC(=O)CSCC1CO1)SCC1CO1.O=C(CSCC1CS1)OCC(OC(=O)CSCC1CS1)SCC1CS1. The topological polar surface area (TPSA) is 212 Å². The van der Waals surface area contributed by atoms with Crippen LogP contribution in [0.15, 0.2) is 0 Å². The highest BCUT2D eigenvalue weighted by molar-refractivity contribution is 8.09. The number of carbonyl (C=O) groups excluding carboxylic acids is 5. The predicted octanol–water partition coefficient (Wildman–Crippen LogP) is 2.76. The molecule has 4 N–H and O–H groups in total. The number of thioether (sulfide) groups is 9. The highest BCUT2D eigenvalue weighted by atomic mass is 32.2. The molecule has 0 spiro atoms. The van der Waals surface area contributed by atoms with Gasteiger partial charge in [-0.25, -0.2) is 4.79 Å². The fourth-order valence-corrected chi connectivity index (χ4v) is 11.6. The van der Waals surface area contributed by atoms with E-state index in [1.807, 2.05) is 35.3 Å². The summed E-state index contributed by atoms with van der Waals surface area (Å²) in [5, 5.41) is 2.11. The van der Waals surface area contributed by atoms with E-state index < -0.39 is 11.5 Å². The molecule has 0 aromatic carbocycles. The number of hydrogen-bond acceptors (Lipinski definition) is 21. The van der Waals surface area contributed by atoms with Crippen LogP contribution in [0, 0.1) is 0 Å². The summed E-state index contributed by atoms with van der Waals surface area (Å²) in [6, 6.07) is -0.833. The number of nitrogens with two attached hydrogens (primary N) is 2. The van der Waals surface area contributed by atoms with Crippen molar-refractivity contribution < 1.29 is 57.1 Å². The van der Waals surface area contributed by atoms with Crippen molar-refractivity contribution in [2.75, 3.05) is 108 Å². The minimum Gasteiger partial charge on any atom is -0.460 e. The number of primary amides is 2. The second kappa shape index (κ2) is 27.0. The normalized spacial score (nSPS) is 25.9. The molecule has 8 unspecified atom stereocenters. The fraction of sp³-hybridized carbons (Fsp3) is 0.839. The van der Waals surface area contributed by atoms with E-state index in [1.54, 1.807) is 35.3 Å². The fourth-order valence-electron chi connectivity index (χ4n) is 3.51. The molecule has 6 aliphatic rings. The van der Waals surface area contributed by atoms with Crippen LogP contribution < -0.4 is 11.5 Å². The van der Waals surface area contributed by atoms with E-state index in [4.69, 9.17) is 38.0 Å². The Morgan fingerprint density at radius 2 is 0.852 bits per heavy atom. The summed E-state index contributed by atoms with van der Waals surface area (Å²) < 4.78 is 36.9. The van der Waals surface area contributed by atoms with Crippen molar-refractivity contribution in [1.82, 2.24) is 0 Å². The van der Waals surface area contributed by atoms with Crippen molar-refractivity contribution in [3.8, 4) is 0 Å². The van der Waals surface area contributed by atoms with Crippen molar-refractivity contribution in [2.45, 2.75) is 44.9 Å². The summed E-state index contributed by atoms with van der Waals surface area (Å²) in [5.74, 6) is 9.26. The Kier molecular flexibility index (Phi) is 23.5. The Hall–Kier alpha value is 0.180. The molecule has 6 aliphatic heterocycles. The van der Waals surface area contributed by atoms with Crippen molar-refractivity contribution in [3.05, 3.63) is 0 Å². The zero-order valence-electron chi connectivity index (χ0n) is 29.6. The summed E-state index contributed by atoms with van der Waals surface area (Å²) in [5.41, 5.74) is 7.63. The summed E-state index contributed by atoms with van der Waals surface area (Å²) >= 11 is 15.1. The van der Waals surface area contributed by atoms with Crippen LogP contribution >= 0.6 is 106 Å². The van der Waals surface area contributed by atoms with E-state index in [2.05, 4.69) is 11.5 Å². The van der Waals surface area contributed by atoms with Gasteiger partial charge in [0, 0.05) is 67.5 Å². The molecule has 0 bridgehead atoms. The third kappa shape index (κ3) is 27.8. The lowest BCUT2D eigenvalue weighted by Crippen LogP contribution is -2.25. The first kappa shape index (κ1) is 46.9. The molecular weight excluding hydrogens is 881 g/mol. The van der Waals surface area contributed by atoms with Gasteiger partial charge in [-0.05, 0) is 0 Å². The first-order valence-electron chi connectivity index (χ1n) is 17.1. The van der Waals surface area contributed by atoms with Gasteiger partial charge in [0.25, 0.3) is 0 Å². The van der Waals surface area contributed by atoms with Gasteiger partial charge in [0.1, 0.15) is 13.2 Å². The monoisotopic (exact) mass is 928 g/mol. The minimum atomic E-state index is -0.833. The van der Waals surface area contributed by atoms with Crippen LogP contribution in [0.3, 0.4) is 0 Å². The van der Waals surface area contributed by atoms with Crippen LogP contribution in [0.5, 0.6) is 0 Å². The molecule has 2 amide bonds. The molecule has 6 heterocycles. The van der Waals surface area contributed by atoms with Crippen molar-refractivity contribution in [1.29, 1.82) is 0 Å². The van der Waals surface area contributed by atoms with Gasteiger partial charge < -0.3 is 44.6 Å². The van der Waals surface area contributed by atoms with Gasteiger partial charge in [0.2, 0.25) is 0 Å². The molecule has 0 saturated carbocycles. The molecule has 0 aromatic heterocycles. The van der Waals surface area contributed by atoms with Gasteiger partial charge in [0.05, 0.1) is 61.1 Å². The van der Waals surface area contributed by atoms with E-state index >= 15 is 0 Å². The maximum Gasteiger partial charge on any atom is 0.317 e. The number of carbonyl (C=O) groups is 5. The summed E-state index contributed by atoms with van der Waals surface area (Å²) in [6.45, 7) is 2.53. The van der Waals surface area contributed by atoms with E-state index in [9.17, 15) is 19.2 Å². The molecule has 308 valence electrons. The smallest absolute Gasteiger partial charge is 0.317 e. The second-order valence-corrected chi connectivity index (χ2v) is 22.6. The first-order chi connectivity index (χ1) is 26.1. The number of ether oxygens (including phenoxy) is 7. The predicted molar refractivity (Wildman–Crippen MR) is 228 cm³/mol. The molecule has 0 radical (unpaired) electrons. The molecular formula is C31H48N2O12S9. The summed E-state index contributed by atoms with van der Waals surface area (Å²) in [7, 11) is 0. The van der Waals surface area contributed by atoms with Gasteiger partial charge in [-0.1, -0.05) is 0 Å². The highest BCUT2D eigenvalue weighted by Gasteiger charge is 2.29. The lowest BCUT2D eigenvalue weighted by molar-refractivity contribution is -0.150. The molecule has 6 fully saturated rings. The Bertz CT molecular complexity index is 1090. The number of epoxide rings is 3. The molecule has 6 saturated heterocycles. The quantitative estimate of drug-likeness (QED) is 0.0500. The minimum absolute atomic E-state index is 0.0683. The number of esters is 4. The van der Waals surface area contributed by atoms with Crippen molar-refractivity contribution in [2.24, 2.45) is 11.5 Å². The van der Waals surface area contributed by atoms with Crippen LogP contribution in [-0.2, 0) is 52.3 Å². The zero-order valence-corrected chi connectivity index (χ0v) is 36.9. The van der Waals surface area contributed by atoms with Crippen molar-refractivity contribution in [3.63, 3.8) is 0 Å². The number of rotatable bonds is 28. The first-order valence-corrected chi connectivity index (χ1v) is 27.0. The molecule has 0 aromatic rings. The Morgan fingerprint density at radius 1 is 0.537 bits per heavy atom. The number of hydrogen-bond donors (Lipinski definition) is 2. The zero-order chi connectivity index (χ0) is 38.5.